The maximum absolute atomic E-state index is 6.15. The summed E-state index contributed by atoms with van der Waals surface area (Å²) in [6.07, 6.45) is 0. The first kappa shape index (κ1) is 9.82. The summed E-state index contributed by atoms with van der Waals surface area (Å²) in [5.41, 5.74) is 2.03. The van der Waals surface area contributed by atoms with Crippen LogP contribution in [0.25, 0.3) is 20.8 Å². The van der Waals surface area contributed by atoms with Gasteiger partial charge in [0.2, 0.25) is 0 Å². The Morgan fingerprint density at radius 1 is 0.938 bits per heavy atom. The second-order valence-electron chi connectivity index (χ2n) is 3.47. The number of hydrogen-bond donors (Lipinski definition) is 0. The molecule has 1 nitrogen and oxygen atoms in total. The second-order valence-corrected chi connectivity index (χ2v) is 4.90. The smallest absolute Gasteiger partial charge is 0.126 e. The molecule has 0 N–H and O–H groups in total. The van der Waals surface area contributed by atoms with E-state index in [-0.39, 0.29) is 0 Å². The lowest BCUT2D eigenvalue weighted by Gasteiger charge is -1.97. The Bertz CT molecular complexity index is 612. The van der Waals surface area contributed by atoms with E-state index in [2.05, 4.69) is 11.1 Å². The highest BCUT2D eigenvalue weighted by molar-refractivity contribution is 7.21. The molecule has 1 heterocycles. The third-order valence-corrected chi connectivity index (χ3v) is 3.80. The first-order valence-electron chi connectivity index (χ1n) is 4.95. The van der Waals surface area contributed by atoms with E-state index in [0.717, 1.165) is 21.1 Å². The number of fused-ring (bicyclic) bond motifs is 1. The molecule has 0 saturated heterocycles. The van der Waals surface area contributed by atoms with Crippen molar-refractivity contribution in [3.63, 3.8) is 0 Å². The van der Waals surface area contributed by atoms with Gasteiger partial charge < -0.3 is 0 Å². The van der Waals surface area contributed by atoms with Crippen molar-refractivity contribution in [1.29, 1.82) is 0 Å². The number of rotatable bonds is 1. The van der Waals surface area contributed by atoms with Crippen LogP contribution in [0.5, 0.6) is 0 Å². The Morgan fingerprint density at radius 2 is 1.69 bits per heavy atom. The Morgan fingerprint density at radius 3 is 2.50 bits per heavy atom. The van der Waals surface area contributed by atoms with Crippen molar-refractivity contribution >= 4 is 33.2 Å². The molecule has 0 saturated carbocycles. The fraction of sp³-hybridized carbons (Fsp3) is 0. The number of para-hydroxylation sites is 1. The zero-order valence-electron chi connectivity index (χ0n) is 8.35. The van der Waals surface area contributed by atoms with Gasteiger partial charge in [0.25, 0.3) is 0 Å². The van der Waals surface area contributed by atoms with Gasteiger partial charge in [-0.1, -0.05) is 41.9 Å². The summed E-state index contributed by atoms with van der Waals surface area (Å²) in [5, 5.41) is 1.73. The highest BCUT2D eigenvalue weighted by Gasteiger charge is 2.08. The van der Waals surface area contributed by atoms with Crippen LogP contribution in [-0.4, -0.2) is 4.98 Å². The lowest BCUT2D eigenvalue weighted by atomic mass is 10.2. The summed E-state index contributed by atoms with van der Waals surface area (Å²) >= 11 is 7.82. The molecule has 0 aliphatic carbocycles. The van der Waals surface area contributed by atoms with Crippen molar-refractivity contribution in [2.24, 2.45) is 0 Å². The van der Waals surface area contributed by atoms with E-state index < -0.39 is 0 Å². The van der Waals surface area contributed by atoms with Crippen LogP contribution in [-0.2, 0) is 0 Å². The highest BCUT2D eigenvalue weighted by atomic mass is 35.5. The average molecular weight is 246 g/mol. The van der Waals surface area contributed by atoms with Crippen LogP contribution in [0.1, 0.15) is 0 Å². The fourth-order valence-corrected chi connectivity index (χ4v) is 2.91. The molecule has 3 heteroatoms. The first-order chi connectivity index (χ1) is 7.84. The van der Waals surface area contributed by atoms with Crippen molar-refractivity contribution in [2.45, 2.75) is 0 Å². The molecule has 2 aromatic carbocycles. The summed E-state index contributed by atoms with van der Waals surface area (Å²) in [6, 6.07) is 15.9. The fourth-order valence-electron chi connectivity index (χ4n) is 1.62. The molecule has 0 aliphatic rings. The van der Waals surface area contributed by atoms with E-state index in [1.54, 1.807) is 11.3 Å². The zero-order chi connectivity index (χ0) is 11.0. The predicted molar refractivity (Wildman–Crippen MR) is 70.1 cm³/mol. The number of hydrogen-bond acceptors (Lipinski definition) is 2. The van der Waals surface area contributed by atoms with Crippen LogP contribution in [0.15, 0.2) is 48.5 Å². The van der Waals surface area contributed by atoms with Crippen LogP contribution >= 0.6 is 22.9 Å². The molecule has 0 fully saturated rings. The SMILES string of the molecule is Clc1ccccc1-c1nc2ccccc2s1. The first-order valence-corrected chi connectivity index (χ1v) is 6.14. The monoisotopic (exact) mass is 245 g/mol. The summed E-state index contributed by atoms with van der Waals surface area (Å²) in [6.45, 7) is 0. The Hall–Kier alpha value is -1.38. The van der Waals surface area contributed by atoms with E-state index in [4.69, 9.17) is 11.6 Å². The standard InChI is InChI=1S/C13H8ClNS/c14-10-6-2-1-5-9(10)13-15-11-7-3-4-8-12(11)16-13/h1-8H. The molecule has 3 rings (SSSR count). The maximum atomic E-state index is 6.15. The third kappa shape index (κ3) is 1.60. The summed E-state index contributed by atoms with van der Waals surface area (Å²) < 4.78 is 1.19. The van der Waals surface area contributed by atoms with Gasteiger partial charge in [-0.05, 0) is 18.2 Å². The third-order valence-electron chi connectivity index (χ3n) is 2.40. The predicted octanol–water partition coefficient (Wildman–Crippen LogP) is 4.62. The molecule has 78 valence electrons. The minimum atomic E-state index is 0.751. The quantitative estimate of drug-likeness (QED) is 0.610. The number of nitrogens with zero attached hydrogens (tertiary/aromatic N) is 1. The largest absolute Gasteiger partial charge is 0.236 e. The normalized spacial score (nSPS) is 10.8. The minimum Gasteiger partial charge on any atom is -0.236 e. The molecule has 0 atom stereocenters. The minimum absolute atomic E-state index is 0.751. The van der Waals surface area contributed by atoms with Gasteiger partial charge in [0.1, 0.15) is 5.01 Å². The number of thiazole rings is 1. The van der Waals surface area contributed by atoms with Gasteiger partial charge in [0.05, 0.1) is 15.2 Å². The summed E-state index contributed by atoms with van der Waals surface area (Å²) in [4.78, 5) is 4.58. The average Bonchev–Trinajstić information content (AvgIpc) is 2.73. The number of benzene rings is 2. The van der Waals surface area contributed by atoms with Crippen LogP contribution in [0, 0.1) is 0 Å². The van der Waals surface area contributed by atoms with Crippen LogP contribution in [0.3, 0.4) is 0 Å². The van der Waals surface area contributed by atoms with Gasteiger partial charge in [-0.25, -0.2) is 4.98 Å². The van der Waals surface area contributed by atoms with Gasteiger partial charge in [-0.2, -0.15) is 0 Å². The Balaban J connectivity index is 2.23. The molecule has 0 bridgehead atoms. The summed E-state index contributed by atoms with van der Waals surface area (Å²) in [5.74, 6) is 0. The summed E-state index contributed by atoms with van der Waals surface area (Å²) in [7, 11) is 0. The van der Waals surface area contributed by atoms with Gasteiger partial charge in [-0.3, -0.25) is 0 Å². The van der Waals surface area contributed by atoms with Crippen LogP contribution < -0.4 is 0 Å². The molecule has 0 unspecified atom stereocenters. The van der Waals surface area contributed by atoms with E-state index in [9.17, 15) is 0 Å². The van der Waals surface area contributed by atoms with Crippen LogP contribution in [0.4, 0.5) is 0 Å². The molecule has 16 heavy (non-hydrogen) atoms. The molecule has 3 aromatic rings. The molecular weight excluding hydrogens is 238 g/mol. The zero-order valence-corrected chi connectivity index (χ0v) is 9.92. The van der Waals surface area contributed by atoms with Crippen molar-refractivity contribution in [1.82, 2.24) is 4.98 Å². The van der Waals surface area contributed by atoms with E-state index in [1.165, 1.54) is 4.70 Å². The lowest BCUT2D eigenvalue weighted by molar-refractivity contribution is 1.48. The molecule has 0 amide bonds. The van der Waals surface area contributed by atoms with E-state index in [0.29, 0.717) is 0 Å². The van der Waals surface area contributed by atoms with Crippen LogP contribution in [0.2, 0.25) is 5.02 Å². The molecular formula is C13H8ClNS. The Kier molecular flexibility index (Phi) is 2.39. The van der Waals surface area contributed by atoms with E-state index in [1.807, 2.05) is 42.5 Å². The van der Waals surface area contributed by atoms with Gasteiger partial charge in [-0.15, -0.1) is 11.3 Å². The van der Waals surface area contributed by atoms with Crippen molar-refractivity contribution < 1.29 is 0 Å². The molecule has 0 aliphatic heterocycles. The van der Waals surface area contributed by atoms with Crippen molar-refractivity contribution in [2.75, 3.05) is 0 Å². The van der Waals surface area contributed by atoms with Gasteiger partial charge in [0, 0.05) is 5.56 Å². The molecule has 1 aromatic heterocycles. The van der Waals surface area contributed by atoms with Crippen molar-refractivity contribution in [3.8, 4) is 10.6 Å². The highest BCUT2D eigenvalue weighted by Crippen LogP contribution is 2.33. The topological polar surface area (TPSA) is 12.9 Å². The second kappa shape index (κ2) is 3.89. The molecule has 0 spiro atoms. The number of aromatic nitrogens is 1. The maximum Gasteiger partial charge on any atom is 0.126 e. The van der Waals surface area contributed by atoms with E-state index >= 15 is 0 Å². The molecule has 0 radical (unpaired) electrons. The van der Waals surface area contributed by atoms with Gasteiger partial charge >= 0.3 is 0 Å². The lowest BCUT2D eigenvalue weighted by Crippen LogP contribution is -1.76. The van der Waals surface area contributed by atoms with Crippen molar-refractivity contribution in [3.05, 3.63) is 53.6 Å². The van der Waals surface area contributed by atoms with Gasteiger partial charge in [0.15, 0.2) is 0 Å². The Labute approximate surface area is 102 Å². The number of halogens is 1.